The molecule has 1 heterocycles. The van der Waals surface area contributed by atoms with E-state index in [4.69, 9.17) is 0 Å². The van der Waals surface area contributed by atoms with E-state index in [-0.39, 0.29) is 18.6 Å². The van der Waals surface area contributed by atoms with E-state index in [1.165, 1.54) is 5.69 Å². The maximum Gasteiger partial charge on any atom is 0.244 e. The monoisotopic (exact) mass is 387 g/mol. The highest BCUT2D eigenvalue weighted by molar-refractivity contribution is 5.85. The minimum absolute atomic E-state index is 0.0731. The number of amides is 1. The Kier molecular flexibility index (Phi) is 7.54. The Hall–Kier alpha value is -2.28. The predicted molar refractivity (Wildman–Crippen MR) is 113 cm³/mol. The molecule has 3 N–H and O–H groups in total. The van der Waals surface area contributed by atoms with Crippen molar-refractivity contribution in [3.8, 4) is 0 Å². The van der Waals surface area contributed by atoms with Crippen molar-refractivity contribution in [1.29, 1.82) is 0 Å². The number of carbonyl (C=O) groups excluding carboxylic acids is 1. The largest absolute Gasteiger partial charge is 0.393 e. The second kappa shape index (κ2) is 10.3. The first-order valence-corrected chi connectivity index (χ1v) is 10.5. The third-order valence-electron chi connectivity index (χ3n) is 5.51. The molecule has 0 radical (unpaired) electrons. The first kappa shape index (κ1) is 20.5. The van der Waals surface area contributed by atoms with Crippen LogP contribution < -0.4 is 15.5 Å². The molecule has 2 aliphatic rings. The maximum atomic E-state index is 12.6. The summed E-state index contributed by atoms with van der Waals surface area (Å²) in [7, 11) is 0. The van der Waals surface area contributed by atoms with Gasteiger partial charge in [-0.3, -0.25) is 4.79 Å². The average molecular weight is 388 g/mol. The molecule has 154 valence electrons. The van der Waals surface area contributed by atoms with E-state index in [2.05, 4.69) is 32.7 Å². The molecule has 0 unspecified atom stereocenters. The molecule has 0 aromatic heterocycles. The van der Waals surface area contributed by atoms with Crippen molar-refractivity contribution >= 4 is 17.6 Å². The summed E-state index contributed by atoms with van der Waals surface area (Å²) < 4.78 is 0. The van der Waals surface area contributed by atoms with E-state index in [9.17, 15) is 9.90 Å². The molecule has 1 aliphatic heterocycles. The number of aliphatic hydroxyl groups is 1. The van der Waals surface area contributed by atoms with Crippen molar-refractivity contribution in [3.63, 3.8) is 0 Å². The lowest BCUT2D eigenvalue weighted by atomic mass is 9.93. The Morgan fingerprint density at radius 1 is 1.11 bits per heavy atom. The van der Waals surface area contributed by atoms with E-state index < -0.39 is 0 Å². The number of nitrogens with one attached hydrogen (secondary N) is 2. The Morgan fingerprint density at radius 2 is 1.79 bits per heavy atom. The maximum absolute atomic E-state index is 12.6. The van der Waals surface area contributed by atoms with Crippen LogP contribution in [0.3, 0.4) is 0 Å². The second-order valence-electron chi connectivity index (χ2n) is 7.55. The number of aliphatic hydroxyl groups excluding tert-OH is 1. The number of hydrogen-bond donors (Lipinski definition) is 3. The van der Waals surface area contributed by atoms with Gasteiger partial charge in [-0.2, -0.15) is 0 Å². The minimum Gasteiger partial charge on any atom is -0.393 e. The van der Waals surface area contributed by atoms with Crippen molar-refractivity contribution in [1.82, 2.24) is 15.5 Å². The number of nitrogens with zero attached hydrogens (tertiary/aromatic N) is 3. The van der Waals surface area contributed by atoms with Gasteiger partial charge in [0.25, 0.3) is 0 Å². The molecule has 0 atom stereocenters. The molecule has 0 bridgehead atoms. The minimum atomic E-state index is -0.172. The Morgan fingerprint density at radius 3 is 2.43 bits per heavy atom. The highest BCUT2D eigenvalue weighted by Crippen LogP contribution is 2.18. The van der Waals surface area contributed by atoms with E-state index >= 15 is 0 Å². The van der Waals surface area contributed by atoms with E-state index in [0.717, 1.165) is 58.4 Å². The van der Waals surface area contributed by atoms with Gasteiger partial charge in [0.2, 0.25) is 5.91 Å². The van der Waals surface area contributed by atoms with E-state index in [1.807, 2.05) is 30.0 Å². The summed E-state index contributed by atoms with van der Waals surface area (Å²) in [6, 6.07) is 10.6. The fourth-order valence-corrected chi connectivity index (χ4v) is 3.83. The van der Waals surface area contributed by atoms with Gasteiger partial charge in [-0.15, -0.1) is 0 Å². The van der Waals surface area contributed by atoms with Crippen LogP contribution in [0.5, 0.6) is 0 Å². The van der Waals surface area contributed by atoms with Gasteiger partial charge in [-0.05, 0) is 44.7 Å². The fourth-order valence-electron chi connectivity index (χ4n) is 3.83. The van der Waals surface area contributed by atoms with Gasteiger partial charge >= 0.3 is 0 Å². The smallest absolute Gasteiger partial charge is 0.244 e. The standard InChI is InChI=1S/C21H33N5O2/c1-2-22-21(24-17-8-10-19(27)11-9-17)23-16-20(28)26-14-12-25(13-15-26)18-6-4-3-5-7-18/h3-7,17,19,27H,2,8-16H2,1H3,(H2,22,23,24). The van der Waals surface area contributed by atoms with Gasteiger partial charge in [0.15, 0.2) is 5.96 Å². The number of carbonyl (C=O) groups is 1. The Bertz CT molecular complexity index is 635. The molecule has 2 fully saturated rings. The fraction of sp³-hybridized carbons (Fsp3) is 0.619. The van der Waals surface area contributed by atoms with Gasteiger partial charge in [0, 0.05) is 44.5 Å². The van der Waals surface area contributed by atoms with Crippen LogP contribution in [0.25, 0.3) is 0 Å². The van der Waals surface area contributed by atoms with Crippen LogP contribution >= 0.6 is 0 Å². The highest BCUT2D eigenvalue weighted by Gasteiger charge is 2.22. The quantitative estimate of drug-likeness (QED) is 0.523. The summed E-state index contributed by atoms with van der Waals surface area (Å²) in [4.78, 5) is 21.3. The molecule has 7 nitrogen and oxygen atoms in total. The van der Waals surface area contributed by atoms with Gasteiger partial charge in [0.05, 0.1) is 6.10 Å². The molecular weight excluding hydrogens is 354 g/mol. The molecule has 1 aromatic rings. The first-order valence-electron chi connectivity index (χ1n) is 10.5. The second-order valence-corrected chi connectivity index (χ2v) is 7.55. The van der Waals surface area contributed by atoms with Crippen molar-refractivity contribution in [2.45, 2.75) is 44.8 Å². The van der Waals surface area contributed by atoms with Crippen LogP contribution in [0, 0.1) is 0 Å². The lowest BCUT2D eigenvalue weighted by Crippen LogP contribution is -2.50. The first-order chi connectivity index (χ1) is 13.7. The molecule has 1 saturated carbocycles. The predicted octanol–water partition coefficient (Wildman–Crippen LogP) is 1.19. The third-order valence-corrected chi connectivity index (χ3v) is 5.51. The number of piperazine rings is 1. The van der Waals surface area contributed by atoms with Crippen LogP contribution in [0.1, 0.15) is 32.6 Å². The molecule has 7 heteroatoms. The number of para-hydroxylation sites is 1. The number of hydrogen-bond acceptors (Lipinski definition) is 4. The molecule has 1 aromatic carbocycles. The van der Waals surface area contributed by atoms with Crippen molar-refractivity contribution in [2.24, 2.45) is 4.99 Å². The van der Waals surface area contributed by atoms with Crippen LogP contribution in [-0.2, 0) is 4.79 Å². The molecule has 1 aliphatic carbocycles. The van der Waals surface area contributed by atoms with Crippen LogP contribution in [0.4, 0.5) is 5.69 Å². The normalized spacial score (nSPS) is 23.4. The zero-order chi connectivity index (χ0) is 19.8. The topological polar surface area (TPSA) is 80.2 Å². The van der Waals surface area contributed by atoms with E-state index in [0.29, 0.717) is 12.0 Å². The van der Waals surface area contributed by atoms with Gasteiger partial charge in [0.1, 0.15) is 6.54 Å². The number of anilines is 1. The van der Waals surface area contributed by atoms with Crippen molar-refractivity contribution < 1.29 is 9.90 Å². The van der Waals surface area contributed by atoms with Crippen LogP contribution in [0.2, 0.25) is 0 Å². The van der Waals surface area contributed by atoms with Gasteiger partial charge in [-0.25, -0.2) is 4.99 Å². The Labute approximate surface area is 167 Å². The zero-order valence-corrected chi connectivity index (χ0v) is 16.8. The number of guanidine groups is 1. The van der Waals surface area contributed by atoms with Crippen LogP contribution in [0.15, 0.2) is 35.3 Å². The summed E-state index contributed by atoms with van der Waals surface area (Å²) in [6.07, 6.45) is 3.33. The van der Waals surface area contributed by atoms with Gasteiger partial charge < -0.3 is 25.5 Å². The third kappa shape index (κ3) is 5.86. The Balaban J connectivity index is 1.47. The van der Waals surface area contributed by atoms with Crippen molar-refractivity contribution in [2.75, 3.05) is 44.2 Å². The molecule has 3 rings (SSSR count). The molecule has 28 heavy (non-hydrogen) atoms. The number of benzene rings is 1. The zero-order valence-electron chi connectivity index (χ0n) is 16.8. The summed E-state index contributed by atoms with van der Waals surface area (Å²) in [5.74, 6) is 0.768. The lowest BCUT2D eigenvalue weighted by Gasteiger charge is -2.36. The molecule has 1 amide bonds. The molecule has 0 spiro atoms. The number of rotatable bonds is 5. The summed E-state index contributed by atoms with van der Waals surface area (Å²) in [5.41, 5.74) is 1.21. The molecule has 1 saturated heterocycles. The summed E-state index contributed by atoms with van der Waals surface area (Å²) in [5, 5.41) is 16.3. The van der Waals surface area contributed by atoms with Crippen molar-refractivity contribution in [3.05, 3.63) is 30.3 Å². The summed E-state index contributed by atoms with van der Waals surface area (Å²) in [6.45, 7) is 6.10. The highest BCUT2D eigenvalue weighted by atomic mass is 16.3. The lowest BCUT2D eigenvalue weighted by molar-refractivity contribution is -0.129. The van der Waals surface area contributed by atoms with Gasteiger partial charge in [-0.1, -0.05) is 18.2 Å². The summed E-state index contributed by atoms with van der Waals surface area (Å²) >= 11 is 0. The van der Waals surface area contributed by atoms with E-state index in [1.54, 1.807) is 0 Å². The number of aliphatic imine (C=N–C) groups is 1. The average Bonchev–Trinajstić information content (AvgIpc) is 2.74. The molecular formula is C21H33N5O2. The SMILES string of the molecule is CCNC(=NCC(=O)N1CCN(c2ccccc2)CC1)NC1CCC(O)CC1. The van der Waals surface area contributed by atoms with Crippen LogP contribution in [-0.4, -0.2) is 73.3 Å².